The number of pyridine rings is 1. The maximum Gasteiger partial charge on any atom is 0.401 e. The van der Waals surface area contributed by atoms with Gasteiger partial charge in [-0.2, -0.15) is 18.4 Å². The number of rotatable bonds is 2. The van der Waals surface area contributed by atoms with Crippen LogP contribution in [0.5, 0.6) is 0 Å². The Bertz CT molecular complexity index is 597. The van der Waals surface area contributed by atoms with Gasteiger partial charge in [-0.3, -0.25) is 9.88 Å². The van der Waals surface area contributed by atoms with Crippen molar-refractivity contribution in [3.8, 4) is 6.07 Å². The lowest BCUT2D eigenvalue weighted by molar-refractivity contribution is -0.156. The Hall–Kier alpha value is -1.32. The normalized spacial score (nSPS) is 32.0. The Morgan fingerprint density at radius 2 is 1.95 bits per heavy atom. The number of nitrogens with zero attached hydrogens (tertiary/aromatic N) is 3. The Morgan fingerprint density at radius 1 is 1.32 bits per heavy atom. The van der Waals surface area contributed by atoms with Gasteiger partial charge in [-0.25, -0.2) is 0 Å². The van der Waals surface area contributed by atoms with Crippen LogP contribution in [-0.2, 0) is 5.41 Å². The summed E-state index contributed by atoms with van der Waals surface area (Å²) >= 11 is 5.96. The number of hydrogen-bond donors (Lipinski definition) is 0. The second-order valence-corrected chi connectivity index (χ2v) is 6.60. The van der Waals surface area contributed by atoms with Gasteiger partial charge in [0.2, 0.25) is 0 Å². The molecule has 0 spiro atoms. The van der Waals surface area contributed by atoms with Crippen molar-refractivity contribution in [2.75, 3.05) is 6.54 Å². The van der Waals surface area contributed by atoms with E-state index in [1.807, 2.05) is 0 Å². The van der Waals surface area contributed by atoms with Gasteiger partial charge >= 0.3 is 6.18 Å². The van der Waals surface area contributed by atoms with Crippen molar-refractivity contribution < 1.29 is 13.2 Å². The zero-order valence-electron chi connectivity index (χ0n) is 11.8. The molecule has 0 aliphatic carbocycles. The molecule has 0 amide bonds. The van der Waals surface area contributed by atoms with Crippen LogP contribution in [0.4, 0.5) is 13.2 Å². The molecular weight excluding hydrogens is 315 g/mol. The summed E-state index contributed by atoms with van der Waals surface area (Å²) in [6.07, 6.45) is 1.11. The Labute approximate surface area is 131 Å². The first kappa shape index (κ1) is 15.6. The van der Waals surface area contributed by atoms with E-state index in [0.29, 0.717) is 36.3 Å². The van der Waals surface area contributed by atoms with Crippen LogP contribution in [0.1, 0.15) is 31.2 Å². The van der Waals surface area contributed by atoms with Crippen molar-refractivity contribution >= 4 is 11.6 Å². The molecule has 3 rings (SSSR count). The minimum Gasteiger partial charge on any atom is -0.289 e. The molecule has 2 saturated heterocycles. The monoisotopic (exact) mass is 329 g/mol. The minimum absolute atomic E-state index is 0.209. The van der Waals surface area contributed by atoms with Crippen molar-refractivity contribution in [3.05, 3.63) is 29.0 Å². The number of halogens is 4. The molecule has 22 heavy (non-hydrogen) atoms. The maximum absolute atomic E-state index is 12.7. The molecule has 7 heteroatoms. The zero-order valence-corrected chi connectivity index (χ0v) is 12.5. The van der Waals surface area contributed by atoms with E-state index >= 15 is 0 Å². The summed E-state index contributed by atoms with van der Waals surface area (Å²) in [5.74, 6) is 0. The number of alkyl halides is 3. The smallest absolute Gasteiger partial charge is 0.289 e. The molecule has 0 saturated carbocycles. The predicted molar refractivity (Wildman–Crippen MR) is 75.3 cm³/mol. The average Bonchev–Trinajstić information content (AvgIpc) is 2.69. The summed E-state index contributed by atoms with van der Waals surface area (Å²) in [4.78, 5) is 5.55. The van der Waals surface area contributed by atoms with Crippen LogP contribution >= 0.6 is 11.6 Å². The summed E-state index contributed by atoms with van der Waals surface area (Å²) in [5, 5.41) is 10.1. The number of nitriles is 1. The highest BCUT2D eigenvalue weighted by atomic mass is 35.5. The van der Waals surface area contributed by atoms with Crippen LogP contribution in [0.3, 0.4) is 0 Å². The summed E-state index contributed by atoms with van der Waals surface area (Å²) in [7, 11) is 0. The fourth-order valence-corrected chi connectivity index (χ4v) is 4.05. The van der Waals surface area contributed by atoms with Crippen molar-refractivity contribution in [1.82, 2.24) is 9.88 Å². The van der Waals surface area contributed by atoms with Gasteiger partial charge in [0.25, 0.3) is 0 Å². The fourth-order valence-electron chi connectivity index (χ4n) is 3.87. The van der Waals surface area contributed by atoms with E-state index in [2.05, 4.69) is 11.1 Å². The molecule has 2 fully saturated rings. The second kappa shape index (κ2) is 5.39. The predicted octanol–water partition coefficient (Wildman–Crippen LogP) is 3.69. The van der Waals surface area contributed by atoms with Gasteiger partial charge in [-0.05, 0) is 37.3 Å². The van der Waals surface area contributed by atoms with Gasteiger partial charge in [0.15, 0.2) is 0 Å². The van der Waals surface area contributed by atoms with Gasteiger partial charge in [0.05, 0.1) is 23.1 Å². The molecule has 2 bridgehead atoms. The first-order valence-corrected chi connectivity index (χ1v) is 7.55. The Balaban J connectivity index is 1.88. The molecule has 1 aromatic rings. The lowest BCUT2D eigenvalue weighted by Crippen LogP contribution is -2.51. The van der Waals surface area contributed by atoms with Crippen molar-refractivity contribution in [3.63, 3.8) is 0 Å². The highest BCUT2D eigenvalue weighted by Gasteiger charge is 2.51. The Morgan fingerprint density at radius 3 is 2.45 bits per heavy atom. The van der Waals surface area contributed by atoms with Gasteiger partial charge < -0.3 is 0 Å². The van der Waals surface area contributed by atoms with Gasteiger partial charge in [-0.1, -0.05) is 11.6 Å². The largest absolute Gasteiger partial charge is 0.401 e. The molecular formula is C15H15ClF3N3. The number of aromatic nitrogens is 1. The van der Waals surface area contributed by atoms with Crippen molar-refractivity contribution in [2.24, 2.45) is 0 Å². The third kappa shape index (κ3) is 2.80. The van der Waals surface area contributed by atoms with E-state index in [1.165, 1.54) is 11.1 Å². The number of piperidine rings is 1. The van der Waals surface area contributed by atoms with Crippen LogP contribution in [0.2, 0.25) is 5.02 Å². The van der Waals surface area contributed by atoms with E-state index in [4.69, 9.17) is 11.6 Å². The van der Waals surface area contributed by atoms with Gasteiger partial charge in [0.1, 0.15) is 0 Å². The van der Waals surface area contributed by atoms with Crippen LogP contribution < -0.4 is 0 Å². The number of hydrogen-bond acceptors (Lipinski definition) is 3. The van der Waals surface area contributed by atoms with Gasteiger partial charge in [0, 0.05) is 24.5 Å². The van der Waals surface area contributed by atoms with E-state index in [1.54, 1.807) is 12.3 Å². The van der Waals surface area contributed by atoms with Crippen molar-refractivity contribution in [1.29, 1.82) is 5.26 Å². The number of fused-ring (bicyclic) bond motifs is 2. The summed E-state index contributed by atoms with van der Waals surface area (Å²) in [6.45, 7) is -0.891. The molecule has 2 aliphatic heterocycles. The molecule has 1 aromatic heterocycles. The topological polar surface area (TPSA) is 39.9 Å². The van der Waals surface area contributed by atoms with E-state index in [0.717, 1.165) is 0 Å². The van der Waals surface area contributed by atoms with Crippen LogP contribution in [0.25, 0.3) is 0 Å². The van der Waals surface area contributed by atoms with Crippen LogP contribution in [0, 0.1) is 11.3 Å². The van der Waals surface area contributed by atoms with E-state index in [9.17, 15) is 18.4 Å². The average molecular weight is 330 g/mol. The zero-order chi connectivity index (χ0) is 16.0. The van der Waals surface area contributed by atoms with Gasteiger partial charge in [-0.15, -0.1) is 0 Å². The molecule has 3 atom stereocenters. The molecule has 0 radical (unpaired) electrons. The second-order valence-electron chi connectivity index (χ2n) is 6.17. The highest BCUT2D eigenvalue weighted by Crippen LogP contribution is 2.47. The molecule has 3 nitrogen and oxygen atoms in total. The van der Waals surface area contributed by atoms with Crippen molar-refractivity contribution in [2.45, 2.75) is 49.4 Å². The summed E-state index contributed by atoms with van der Waals surface area (Å²) in [6, 6.07) is 3.63. The maximum atomic E-state index is 12.7. The van der Waals surface area contributed by atoms with E-state index in [-0.39, 0.29) is 12.1 Å². The Kier molecular flexibility index (Phi) is 3.82. The standard InChI is InChI=1S/C15H15ClF3N3/c16-11-3-10(6-21-7-11)14(8-20)4-12-1-2-13(5-14)22(12)9-15(17,18)19/h3,6-7,12-13H,1-2,4-5,9H2/t12-,13+,14-. The van der Waals surface area contributed by atoms with E-state index < -0.39 is 18.1 Å². The molecule has 0 aromatic carbocycles. The third-order valence-electron chi connectivity index (χ3n) is 4.77. The quantitative estimate of drug-likeness (QED) is 0.831. The van der Waals surface area contributed by atoms with Crippen LogP contribution in [0.15, 0.2) is 18.5 Å². The molecule has 0 N–H and O–H groups in total. The molecule has 0 unspecified atom stereocenters. The summed E-state index contributed by atoms with van der Waals surface area (Å²) in [5.41, 5.74) is -0.0719. The first-order valence-electron chi connectivity index (χ1n) is 7.18. The molecule has 3 heterocycles. The highest BCUT2D eigenvalue weighted by molar-refractivity contribution is 6.30. The summed E-state index contributed by atoms with van der Waals surface area (Å²) < 4.78 is 38.2. The minimum atomic E-state index is -4.20. The molecule has 2 aliphatic rings. The first-order chi connectivity index (χ1) is 10.3. The van der Waals surface area contributed by atoms with Crippen LogP contribution in [-0.4, -0.2) is 34.7 Å². The molecule has 118 valence electrons. The fraction of sp³-hybridized carbons (Fsp3) is 0.600. The SMILES string of the molecule is N#C[C@@]1(c2cncc(Cl)c2)C[C@H]2CC[C@@H](C1)N2CC(F)(F)F. The lowest BCUT2D eigenvalue weighted by Gasteiger charge is -2.43. The lowest BCUT2D eigenvalue weighted by atomic mass is 9.71. The third-order valence-corrected chi connectivity index (χ3v) is 4.98.